The van der Waals surface area contributed by atoms with Crippen molar-refractivity contribution in [3.05, 3.63) is 40.4 Å². The predicted molar refractivity (Wildman–Crippen MR) is 80.0 cm³/mol. The largest absolute Gasteiger partial charge is 0.478 e. The molecule has 2 rings (SSSR count). The highest BCUT2D eigenvalue weighted by Crippen LogP contribution is 2.27. The van der Waals surface area contributed by atoms with E-state index in [0.29, 0.717) is 10.6 Å². The van der Waals surface area contributed by atoms with Crippen LogP contribution >= 0.6 is 11.5 Å². The number of amides is 1. The maximum Gasteiger partial charge on any atom is 0.337 e. The van der Waals surface area contributed by atoms with Crippen LogP contribution in [0.3, 0.4) is 0 Å². The van der Waals surface area contributed by atoms with Crippen LogP contribution in [0.1, 0.15) is 46.5 Å². The standard InChI is InChI=1S/C14H15N3O3S/c1-14(2,3)11-10(21-17-16-11)12(18)15-9-7-5-4-6-8(9)13(19)20/h4-7H,1-3H3,(H,15,18)(H,19,20). The molecule has 0 aliphatic rings. The van der Waals surface area contributed by atoms with E-state index < -0.39 is 11.9 Å². The lowest BCUT2D eigenvalue weighted by Gasteiger charge is -2.16. The van der Waals surface area contributed by atoms with Gasteiger partial charge in [-0.05, 0) is 23.7 Å². The van der Waals surface area contributed by atoms with Gasteiger partial charge in [0, 0.05) is 5.41 Å². The fourth-order valence-electron chi connectivity index (χ4n) is 1.79. The minimum absolute atomic E-state index is 0.0423. The molecule has 0 saturated carbocycles. The SMILES string of the molecule is CC(C)(C)c1nnsc1C(=O)Nc1ccccc1C(=O)O. The molecule has 2 aromatic rings. The quantitative estimate of drug-likeness (QED) is 0.909. The highest BCUT2D eigenvalue weighted by molar-refractivity contribution is 7.08. The Morgan fingerprint density at radius 2 is 1.90 bits per heavy atom. The number of carbonyl (C=O) groups is 2. The van der Waals surface area contributed by atoms with Crippen LogP contribution < -0.4 is 5.32 Å². The number of nitrogens with one attached hydrogen (secondary N) is 1. The van der Waals surface area contributed by atoms with Gasteiger partial charge in [-0.2, -0.15) is 0 Å². The number of carboxylic acid groups (broad SMARTS) is 1. The molecule has 0 aliphatic carbocycles. The summed E-state index contributed by atoms with van der Waals surface area (Å²) in [6.07, 6.45) is 0. The van der Waals surface area contributed by atoms with Crippen LogP contribution in [0, 0.1) is 0 Å². The summed E-state index contributed by atoms with van der Waals surface area (Å²) in [6.45, 7) is 5.81. The predicted octanol–water partition coefficient (Wildman–Crippen LogP) is 2.79. The van der Waals surface area contributed by atoms with Gasteiger partial charge in [0.15, 0.2) is 0 Å². The fourth-order valence-corrected chi connectivity index (χ4v) is 2.56. The summed E-state index contributed by atoms with van der Waals surface area (Å²) in [7, 11) is 0. The molecular formula is C14H15N3O3S. The van der Waals surface area contributed by atoms with Gasteiger partial charge in [-0.3, -0.25) is 4.79 Å². The number of hydrogen-bond donors (Lipinski definition) is 2. The van der Waals surface area contributed by atoms with Crippen LogP contribution in [0.2, 0.25) is 0 Å². The van der Waals surface area contributed by atoms with Crippen LogP contribution in [-0.4, -0.2) is 26.6 Å². The zero-order chi connectivity index (χ0) is 15.6. The summed E-state index contributed by atoms with van der Waals surface area (Å²) < 4.78 is 3.82. The molecule has 0 atom stereocenters. The first-order chi connectivity index (χ1) is 9.80. The average Bonchev–Trinajstić information content (AvgIpc) is 2.88. The summed E-state index contributed by atoms with van der Waals surface area (Å²) in [5, 5.41) is 15.7. The van der Waals surface area contributed by atoms with Crippen molar-refractivity contribution in [1.29, 1.82) is 0 Å². The van der Waals surface area contributed by atoms with E-state index in [0.717, 1.165) is 11.5 Å². The lowest BCUT2D eigenvalue weighted by molar-refractivity contribution is 0.0698. The van der Waals surface area contributed by atoms with Gasteiger partial charge in [0.25, 0.3) is 5.91 Å². The van der Waals surface area contributed by atoms with Gasteiger partial charge >= 0.3 is 5.97 Å². The molecule has 0 unspecified atom stereocenters. The molecule has 0 spiro atoms. The molecule has 6 nitrogen and oxygen atoms in total. The van der Waals surface area contributed by atoms with E-state index in [4.69, 9.17) is 5.11 Å². The van der Waals surface area contributed by atoms with E-state index in [1.807, 2.05) is 20.8 Å². The summed E-state index contributed by atoms with van der Waals surface area (Å²) in [5.74, 6) is -1.49. The molecule has 1 amide bonds. The second-order valence-electron chi connectivity index (χ2n) is 5.51. The zero-order valence-corrected chi connectivity index (χ0v) is 12.7. The van der Waals surface area contributed by atoms with Crippen molar-refractivity contribution in [1.82, 2.24) is 9.59 Å². The Balaban J connectivity index is 2.32. The third kappa shape index (κ3) is 3.25. The number of anilines is 1. The molecular weight excluding hydrogens is 290 g/mol. The third-order valence-corrected chi connectivity index (χ3v) is 3.53. The highest BCUT2D eigenvalue weighted by atomic mass is 32.1. The van der Waals surface area contributed by atoms with Gasteiger partial charge in [-0.1, -0.05) is 37.4 Å². The second kappa shape index (κ2) is 5.61. The van der Waals surface area contributed by atoms with E-state index in [1.54, 1.807) is 18.2 Å². The Labute approximate surface area is 126 Å². The number of aromatic carboxylic acids is 1. The van der Waals surface area contributed by atoms with Crippen molar-refractivity contribution in [3.8, 4) is 0 Å². The van der Waals surface area contributed by atoms with Crippen molar-refractivity contribution < 1.29 is 14.7 Å². The molecule has 7 heteroatoms. The highest BCUT2D eigenvalue weighted by Gasteiger charge is 2.26. The number of carboxylic acids is 1. The molecule has 21 heavy (non-hydrogen) atoms. The zero-order valence-electron chi connectivity index (χ0n) is 11.9. The van der Waals surface area contributed by atoms with E-state index >= 15 is 0 Å². The molecule has 0 saturated heterocycles. The van der Waals surface area contributed by atoms with Gasteiger partial charge in [-0.15, -0.1) is 5.10 Å². The lowest BCUT2D eigenvalue weighted by Crippen LogP contribution is -2.20. The van der Waals surface area contributed by atoms with Crippen molar-refractivity contribution in [3.63, 3.8) is 0 Å². The Kier molecular flexibility index (Phi) is 4.04. The molecule has 1 aromatic heterocycles. The topological polar surface area (TPSA) is 92.2 Å². The Morgan fingerprint density at radius 1 is 1.24 bits per heavy atom. The van der Waals surface area contributed by atoms with Gasteiger partial charge < -0.3 is 10.4 Å². The number of aromatic nitrogens is 2. The average molecular weight is 305 g/mol. The first kappa shape index (κ1) is 15.1. The number of rotatable bonds is 3. The Bertz CT molecular complexity index is 689. The molecule has 2 N–H and O–H groups in total. The maximum absolute atomic E-state index is 12.3. The van der Waals surface area contributed by atoms with Gasteiger partial charge in [0.05, 0.1) is 16.9 Å². The molecule has 0 radical (unpaired) electrons. The summed E-state index contributed by atoms with van der Waals surface area (Å²) in [4.78, 5) is 23.9. The molecule has 0 aliphatic heterocycles. The normalized spacial score (nSPS) is 11.2. The van der Waals surface area contributed by atoms with E-state index in [2.05, 4.69) is 14.9 Å². The van der Waals surface area contributed by atoms with Crippen molar-refractivity contribution in [2.24, 2.45) is 0 Å². The van der Waals surface area contributed by atoms with Gasteiger partial charge in [-0.25, -0.2) is 4.79 Å². The Morgan fingerprint density at radius 3 is 2.52 bits per heavy atom. The summed E-state index contributed by atoms with van der Waals surface area (Å²) >= 11 is 0.997. The first-order valence-corrected chi connectivity index (χ1v) is 7.04. The number of nitrogens with zero attached hydrogens (tertiary/aromatic N) is 2. The smallest absolute Gasteiger partial charge is 0.337 e. The lowest BCUT2D eigenvalue weighted by atomic mass is 9.91. The minimum atomic E-state index is -1.09. The van der Waals surface area contributed by atoms with Crippen LogP contribution in [0.25, 0.3) is 0 Å². The molecule has 110 valence electrons. The van der Waals surface area contributed by atoms with E-state index in [9.17, 15) is 9.59 Å². The second-order valence-corrected chi connectivity index (χ2v) is 6.26. The maximum atomic E-state index is 12.3. The summed E-state index contributed by atoms with van der Waals surface area (Å²) in [5.41, 5.74) is 0.577. The van der Waals surface area contributed by atoms with Crippen LogP contribution in [-0.2, 0) is 5.41 Å². The molecule has 1 aromatic carbocycles. The van der Waals surface area contributed by atoms with Crippen molar-refractivity contribution >= 4 is 29.1 Å². The first-order valence-electron chi connectivity index (χ1n) is 6.27. The number of hydrogen-bond acceptors (Lipinski definition) is 5. The number of benzene rings is 1. The monoisotopic (exact) mass is 305 g/mol. The van der Waals surface area contributed by atoms with E-state index in [1.165, 1.54) is 6.07 Å². The van der Waals surface area contributed by atoms with Crippen molar-refractivity contribution in [2.75, 3.05) is 5.32 Å². The van der Waals surface area contributed by atoms with Gasteiger partial charge in [0.1, 0.15) is 4.88 Å². The fraction of sp³-hybridized carbons (Fsp3) is 0.286. The van der Waals surface area contributed by atoms with Crippen LogP contribution in [0.5, 0.6) is 0 Å². The number of para-hydroxylation sites is 1. The Hall–Kier alpha value is -2.28. The van der Waals surface area contributed by atoms with Crippen LogP contribution in [0.4, 0.5) is 5.69 Å². The third-order valence-electron chi connectivity index (χ3n) is 2.81. The summed E-state index contributed by atoms with van der Waals surface area (Å²) in [6, 6.07) is 6.26. The molecule has 1 heterocycles. The van der Waals surface area contributed by atoms with E-state index in [-0.39, 0.29) is 16.7 Å². The van der Waals surface area contributed by atoms with Crippen LogP contribution in [0.15, 0.2) is 24.3 Å². The number of carbonyl (C=O) groups excluding carboxylic acids is 1. The molecule has 0 fully saturated rings. The van der Waals surface area contributed by atoms with Crippen molar-refractivity contribution in [2.45, 2.75) is 26.2 Å². The minimum Gasteiger partial charge on any atom is -0.478 e. The molecule has 0 bridgehead atoms. The van der Waals surface area contributed by atoms with Gasteiger partial charge in [0.2, 0.25) is 0 Å².